The molecule has 0 aromatic heterocycles. The average molecular weight is 234 g/mol. The SMILES string of the molecule is CC1=C2CCC(C)C2C2C(CC1=O)C2(C)CO. The van der Waals surface area contributed by atoms with Crippen molar-refractivity contribution in [2.24, 2.45) is 29.1 Å². The predicted molar refractivity (Wildman–Crippen MR) is 66.4 cm³/mol. The molecule has 0 bridgehead atoms. The Kier molecular flexibility index (Phi) is 2.32. The van der Waals surface area contributed by atoms with E-state index in [9.17, 15) is 9.90 Å². The van der Waals surface area contributed by atoms with Crippen molar-refractivity contribution < 1.29 is 9.90 Å². The zero-order valence-corrected chi connectivity index (χ0v) is 11.0. The van der Waals surface area contributed by atoms with Crippen molar-refractivity contribution >= 4 is 5.78 Å². The molecule has 0 aliphatic heterocycles. The number of fused-ring (bicyclic) bond motifs is 3. The number of aliphatic hydroxyl groups excluding tert-OH is 1. The van der Waals surface area contributed by atoms with E-state index in [1.165, 1.54) is 12.0 Å². The molecule has 5 atom stereocenters. The van der Waals surface area contributed by atoms with Gasteiger partial charge in [-0.25, -0.2) is 0 Å². The number of rotatable bonds is 1. The summed E-state index contributed by atoms with van der Waals surface area (Å²) >= 11 is 0. The monoisotopic (exact) mass is 234 g/mol. The number of carbonyl (C=O) groups is 1. The molecule has 2 heteroatoms. The van der Waals surface area contributed by atoms with E-state index in [0.717, 1.165) is 12.0 Å². The summed E-state index contributed by atoms with van der Waals surface area (Å²) in [5.74, 6) is 2.58. The molecule has 0 aromatic carbocycles. The number of allylic oxidation sites excluding steroid dienone is 2. The number of hydrogen-bond acceptors (Lipinski definition) is 2. The molecular formula is C15H22O2. The van der Waals surface area contributed by atoms with Crippen LogP contribution in [0.3, 0.4) is 0 Å². The van der Waals surface area contributed by atoms with Gasteiger partial charge in [0.2, 0.25) is 0 Å². The van der Waals surface area contributed by atoms with Crippen LogP contribution < -0.4 is 0 Å². The molecule has 1 N–H and O–H groups in total. The van der Waals surface area contributed by atoms with Gasteiger partial charge >= 0.3 is 0 Å². The molecule has 3 aliphatic rings. The van der Waals surface area contributed by atoms with Crippen LogP contribution in [0.15, 0.2) is 11.1 Å². The maximum Gasteiger partial charge on any atom is 0.158 e. The minimum atomic E-state index is 0.0187. The summed E-state index contributed by atoms with van der Waals surface area (Å²) < 4.78 is 0. The molecule has 2 fully saturated rings. The Bertz CT molecular complexity index is 409. The van der Waals surface area contributed by atoms with Crippen molar-refractivity contribution in [3.8, 4) is 0 Å². The quantitative estimate of drug-likeness (QED) is 0.757. The summed E-state index contributed by atoms with van der Waals surface area (Å²) in [5.41, 5.74) is 2.49. The minimum Gasteiger partial charge on any atom is -0.396 e. The standard InChI is InChI=1S/C15H22O2/c1-8-4-5-10-9(2)12(17)6-11-14(13(8)10)15(11,3)7-16/h8,11,13-14,16H,4-7H2,1-3H3. The van der Waals surface area contributed by atoms with Gasteiger partial charge in [-0.3, -0.25) is 4.79 Å². The topological polar surface area (TPSA) is 37.3 Å². The Morgan fingerprint density at radius 2 is 2.18 bits per heavy atom. The van der Waals surface area contributed by atoms with E-state index in [2.05, 4.69) is 13.8 Å². The molecule has 17 heavy (non-hydrogen) atoms. The van der Waals surface area contributed by atoms with Gasteiger partial charge in [-0.1, -0.05) is 19.4 Å². The summed E-state index contributed by atoms with van der Waals surface area (Å²) in [6, 6.07) is 0. The van der Waals surface area contributed by atoms with Crippen molar-refractivity contribution in [2.45, 2.75) is 40.0 Å². The van der Waals surface area contributed by atoms with Crippen LogP contribution in [0, 0.1) is 29.1 Å². The van der Waals surface area contributed by atoms with Gasteiger partial charge in [0.25, 0.3) is 0 Å². The first-order chi connectivity index (χ1) is 8.00. The minimum absolute atomic E-state index is 0.0187. The van der Waals surface area contributed by atoms with Crippen molar-refractivity contribution in [1.82, 2.24) is 0 Å². The zero-order valence-electron chi connectivity index (χ0n) is 11.0. The van der Waals surface area contributed by atoms with Crippen LogP contribution in [0.2, 0.25) is 0 Å². The molecule has 2 saturated carbocycles. The summed E-state index contributed by atoms with van der Waals surface area (Å²) in [6.45, 7) is 6.74. The lowest BCUT2D eigenvalue weighted by atomic mass is 9.84. The van der Waals surface area contributed by atoms with Crippen molar-refractivity contribution in [2.75, 3.05) is 6.61 Å². The van der Waals surface area contributed by atoms with Gasteiger partial charge in [0.1, 0.15) is 0 Å². The van der Waals surface area contributed by atoms with E-state index in [1.807, 2.05) is 6.92 Å². The lowest BCUT2D eigenvalue weighted by Gasteiger charge is -2.21. The fourth-order valence-corrected chi connectivity index (χ4v) is 4.56. The Balaban J connectivity index is 2.04. The number of ketones is 1. The maximum atomic E-state index is 12.2. The lowest BCUT2D eigenvalue weighted by Crippen LogP contribution is -2.17. The highest BCUT2D eigenvalue weighted by Crippen LogP contribution is 2.69. The molecule has 0 radical (unpaired) electrons. The van der Waals surface area contributed by atoms with Gasteiger partial charge in [0.05, 0.1) is 0 Å². The fourth-order valence-electron chi connectivity index (χ4n) is 4.56. The number of hydrogen-bond donors (Lipinski definition) is 1. The van der Waals surface area contributed by atoms with E-state index < -0.39 is 0 Å². The summed E-state index contributed by atoms with van der Waals surface area (Å²) in [4.78, 5) is 12.2. The van der Waals surface area contributed by atoms with Crippen LogP contribution >= 0.6 is 0 Å². The van der Waals surface area contributed by atoms with Crippen LogP contribution in [-0.4, -0.2) is 17.5 Å². The van der Waals surface area contributed by atoms with E-state index >= 15 is 0 Å². The van der Waals surface area contributed by atoms with Gasteiger partial charge in [-0.2, -0.15) is 0 Å². The molecular weight excluding hydrogens is 212 g/mol. The molecule has 5 unspecified atom stereocenters. The predicted octanol–water partition coefficient (Wildman–Crippen LogP) is 2.57. The molecule has 0 spiro atoms. The first-order valence-electron chi connectivity index (χ1n) is 6.84. The molecule has 0 saturated heterocycles. The highest BCUT2D eigenvalue weighted by atomic mass is 16.3. The summed E-state index contributed by atoms with van der Waals surface area (Å²) in [7, 11) is 0. The first kappa shape index (κ1) is 11.5. The Hall–Kier alpha value is -0.630. The van der Waals surface area contributed by atoms with Gasteiger partial charge in [-0.05, 0) is 54.4 Å². The van der Waals surface area contributed by atoms with Crippen molar-refractivity contribution in [1.29, 1.82) is 0 Å². The molecule has 3 rings (SSSR count). The van der Waals surface area contributed by atoms with Gasteiger partial charge in [0.15, 0.2) is 5.78 Å². The third kappa shape index (κ3) is 1.33. The number of carbonyl (C=O) groups excluding carboxylic acids is 1. The molecule has 2 nitrogen and oxygen atoms in total. The second-order valence-corrected chi connectivity index (χ2v) is 6.62. The van der Waals surface area contributed by atoms with Gasteiger partial charge in [0, 0.05) is 13.0 Å². The van der Waals surface area contributed by atoms with Crippen LogP contribution in [-0.2, 0) is 4.79 Å². The molecule has 0 aromatic rings. The smallest absolute Gasteiger partial charge is 0.158 e. The van der Waals surface area contributed by atoms with Gasteiger partial charge < -0.3 is 5.11 Å². The maximum absolute atomic E-state index is 12.2. The van der Waals surface area contributed by atoms with E-state index in [-0.39, 0.29) is 12.0 Å². The highest BCUT2D eigenvalue weighted by molar-refractivity contribution is 5.96. The van der Waals surface area contributed by atoms with Crippen LogP contribution in [0.5, 0.6) is 0 Å². The Morgan fingerprint density at radius 3 is 2.82 bits per heavy atom. The third-order valence-corrected chi connectivity index (χ3v) is 5.85. The van der Waals surface area contributed by atoms with Crippen molar-refractivity contribution in [3.05, 3.63) is 11.1 Å². The van der Waals surface area contributed by atoms with E-state index in [1.54, 1.807) is 0 Å². The Morgan fingerprint density at radius 1 is 1.47 bits per heavy atom. The number of aliphatic hydroxyl groups is 1. The van der Waals surface area contributed by atoms with Crippen LogP contribution in [0.1, 0.15) is 40.0 Å². The zero-order chi connectivity index (χ0) is 12.4. The molecule has 3 aliphatic carbocycles. The fraction of sp³-hybridized carbons (Fsp3) is 0.800. The second kappa shape index (κ2) is 3.44. The molecule has 94 valence electrons. The molecule has 0 heterocycles. The highest BCUT2D eigenvalue weighted by Gasteiger charge is 2.66. The Labute approximate surface area is 103 Å². The average Bonchev–Trinajstić information content (AvgIpc) is 2.72. The van der Waals surface area contributed by atoms with Crippen LogP contribution in [0.4, 0.5) is 0 Å². The largest absolute Gasteiger partial charge is 0.396 e. The molecule has 0 amide bonds. The normalized spacial score (nSPS) is 48.8. The van der Waals surface area contributed by atoms with Crippen molar-refractivity contribution in [3.63, 3.8) is 0 Å². The van der Waals surface area contributed by atoms with E-state index in [4.69, 9.17) is 0 Å². The lowest BCUT2D eigenvalue weighted by molar-refractivity contribution is -0.116. The first-order valence-corrected chi connectivity index (χ1v) is 6.84. The van der Waals surface area contributed by atoms with Gasteiger partial charge in [-0.15, -0.1) is 0 Å². The number of Topliss-reactive ketones (excluding diaryl/α,β-unsaturated/α-hetero) is 1. The van der Waals surface area contributed by atoms with E-state index in [0.29, 0.717) is 35.9 Å². The van der Waals surface area contributed by atoms with Crippen LogP contribution in [0.25, 0.3) is 0 Å². The second-order valence-electron chi connectivity index (χ2n) is 6.62. The summed E-state index contributed by atoms with van der Waals surface area (Å²) in [6.07, 6.45) is 2.99. The summed E-state index contributed by atoms with van der Waals surface area (Å²) in [5, 5.41) is 9.62. The third-order valence-electron chi connectivity index (χ3n) is 5.85.